The number of halogens is 5. The van der Waals surface area contributed by atoms with E-state index in [9.17, 15) is 18.0 Å². The molecular formula is C22H24Cl2F3N5O. The van der Waals surface area contributed by atoms with Crippen molar-refractivity contribution in [2.24, 2.45) is 7.05 Å². The zero-order valence-corrected chi connectivity index (χ0v) is 19.5. The Balaban J connectivity index is 0.00000153. The van der Waals surface area contributed by atoms with Crippen LogP contribution < -0.4 is 15.1 Å². The first-order chi connectivity index (χ1) is 14.8. The number of aryl methyl sites for hydroxylation is 1. The number of carbonyl (C=O) groups excluding carboxylic acids is 1. The van der Waals surface area contributed by atoms with Crippen LogP contribution in [-0.2, 0) is 31.0 Å². The van der Waals surface area contributed by atoms with E-state index in [1.807, 2.05) is 6.07 Å². The molecule has 1 saturated heterocycles. The van der Waals surface area contributed by atoms with Crippen LogP contribution in [0.5, 0.6) is 0 Å². The van der Waals surface area contributed by atoms with Gasteiger partial charge in [0.15, 0.2) is 0 Å². The predicted octanol–water partition coefficient (Wildman–Crippen LogP) is 3.93. The third-order valence-electron chi connectivity index (χ3n) is 6.19. The van der Waals surface area contributed by atoms with E-state index < -0.39 is 11.7 Å². The molecule has 0 saturated carbocycles. The van der Waals surface area contributed by atoms with E-state index >= 15 is 0 Å². The van der Waals surface area contributed by atoms with E-state index in [1.54, 1.807) is 9.80 Å². The molecule has 4 heterocycles. The summed E-state index contributed by atoms with van der Waals surface area (Å²) in [5.41, 5.74) is 3.79. The van der Waals surface area contributed by atoms with Gasteiger partial charge in [0.1, 0.15) is 5.82 Å². The summed E-state index contributed by atoms with van der Waals surface area (Å²) >= 11 is 0. The lowest BCUT2D eigenvalue weighted by Gasteiger charge is -2.35. The molecule has 11 heteroatoms. The number of rotatable bonds is 2. The summed E-state index contributed by atoms with van der Waals surface area (Å²) in [5.74, 6) is 0.270. The second kappa shape index (κ2) is 9.40. The van der Waals surface area contributed by atoms with Crippen LogP contribution in [0.4, 0.5) is 24.7 Å². The fraction of sp³-hybridized carbons (Fsp3) is 0.364. The van der Waals surface area contributed by atoms with Gasteiger partial charge in [-0.1, -0.05) is 6.07 Å². The molecule has 0 unspecified atom stereocenters. The highest BCUT2D eigenvalue weighted by Gasteiger charge is 2.32. The first-order valence-electron chi connectivity index (χ1n) is 10.2. The van der Waals surface area contributed by atoms with E-state index in [0.717, 1.165) is 43.0 Å². The highest BCUT2D eigenvalue weighted by Crippen LogP contribution is 2.32. The molecule has 0 spiro atoms. The number of hydrogen-bond acceptors (Lipinski definition) is 4. The quantitative estimate of drug-likeness (QED) is 0.577. The third-order valence-corrected chi connectivity index (χ3v) is 6.19. The number of pyridine rings is 1. The largest absolute Gasteiger partial charge is 0.417 e. The summed E-state index contributed by atoms with van der Waals surface area (Å²) in [6, 6.07) is 8.42. The van der Waals surface area contributed by atoms with E-state index in [4.69, 9.17) is 0 Å². The molecule has 3 aromatic rings. The number of hydrogen-bond donors (Lipinski definition) is 1. The Bertz CT molecular complexity index is 1160. The number of benzene rings is 1. The van der Waals surface area contributed by atoms with Crippen LogP contribution in [0.3, 0.4) is 0 Å². The Morgan fingerprint density at radius 1 is 1.09 bits per heavy atom. The van der Waals surface area contributed by atoms with Crippen molar-refractivity contribution < 1.29 is 18.0 Å². The zero-order valence-electron chi connectivity index (χ0n) is 17.9. The average molecular weight is 502 g/mol. The molecule has 33 heavy (non-hydrogen) atoms. The van der Waals surface area contributed by atoms with Crippen molar-refractivity contribution in [1.29, 1.82) is 0 Å². The van der Waals surface area contributed by atoms with Crippen LogP contribution in [0.1, 0.15) is 16.8 Å². The van der Waals surface area contributed by atoms with Gasteiger partial charge in [0.25, 0.3) is 0 Å². The molecule has 0 radical (unpaired) electrons. The van der Waals surface area contributed by atoms with Crippen molar-refractivity contribution in [3.05, 3.63) is 53.3 Å². The average Bonchev–Trinajstić information content (AvgIpc) is 3.05. The van der Waals surface area contributed by atoms with Gasteiger partial charge in [-0.05, 0) is 29.8 Å². The number of anilines is 2. The van der Waals surface area contributed by atoms with Gasteiger partial charge in [-0.3, -0.25) is 4.79 Å². The van der Waals surface area contributed by atoms with Crippen LogP contribution >= 0.6 is 24.8 Å². The minimum atomic E-state index is -4.43. The summed E-state index contributed by atoms with van der Waals surface area (Å²) in [6.45, 7) is 2.82. The molecular weight excluding hydrogens is 478 g/mol. The van der Waals surface area contributed by atoms with Gasteiger partial charge in [-0.15, -0.1) is 24.8 Å². The highest BCUT2D eigenvalue weighted by molar-refractivity contribution is 6.00. The van der Waals surface area contributed by atoms with Crippen LogP contribution in [0.2, 0.25) is 0 Å². The fourth-order valence-corrected chi connectivity index (χ4v) is 4.54. The minimum absolute atomic E-state index is 0. The summed E-state index contributed by atoms with van der Waals surface area (Å²) in [5, 5.41) is 4.61. The van der Waals surface area contributed by atoms with Crippen LogP contribution in [-0.4, -0.2) is 41.6 Å². The van der Waals surface area contributed by atoms with E-state index in [0.29, 0.717) is 18.9 Å². The molecule has 1 N–H and O–H groups in total. The maximum atomic E-state index is 12.9. The van der Waals surface area contributed by atoms with Crippen molar-refractivity contribution in [3.8, 4) is 0 Å². The van der Waals surface area contributed by atoms with E-state index in [-0.39, 0.29) is 37.3 Å². The predicted molar refractivity (Wildman–Crippen MR) is 127 cm³/mol. The number of amides is 1. The molecule has 0 atom stereocenters. The SMILES string of the molecule is Cl.Cl.Cn1c2c(c3ccc(N4CCN(c5ccc(C(F)(F)F)cn5)CC4=O)cc31)CNCC2. The molecule has 2 aliphatic heterocycles. The van der Waals surface area contributed by atoms with Crippen LogP contribution in [0, 0.1) is 0 Å². The molecule has 5 rings (SSSR count). The monoisotopic (exact) mass is 501 g/mol. The second-order valence-corrected chi connectivity index (χ2v) is 7.98. The highest BCUT2D eigenvalue weighted by atomic mass is 35.5. The Kier molecular flexibility index (Phi) is 7.16. The van der Waals surface area contributed by atoms with Gasteiger partial charge >= 0.3 is 6.18 Å². The Labute approximate surface area is 201 Å². The van der Waals surface area contributed by atoms with Gasteiger partial charge < -0.3 is 19.7 Å². The molecule has 1 fully saturated rings. The third kappa shape index (κ3) is 4.49. The van der Waals surface area contributed by atoms with Crippen molar-refractivity contribution in [2.75, 3.05) is 36.0 Å². The van der Waals surface area contributed by atoms with E-state index in [2.05, 4.69) is 34.0 Å². The van der Waals surface area contributed by atoms with Gasteiger partial charge in [-0.2, -0.15) is 13.2 Å². The molecule has 178 valence electrons. The maximum Gasteiger partial charge on any atom is 0.417 e. The lowest BCUT2D eigenvalue weighted by atomic mass is 10.1. The topological polar surface area (TPSA) is 53.4 Å². The van der Waals surface area contributed by atoms with E-state index in [1.165, 1.54) is 22.7 Å². The molecule has 0 bridgehead atoms. The number of alkyl halides is 3. The molecule has 2 aliphatic rings. The van der Waals surface area contributed by atoms with Crippen molar-refractivity contribution in [2.45, 2.75) is 19.1 Å². The van der Waals surface area contributed by atoms with Gasteiger partial charge in [0.2, 0.25) is 5.91 Å². The normalized spacial score (nSPS) is 16.3. The molecule has 1 aromatic carbocycles. The number of fused-ring (bicyclic) bond motifs is 3. The summed E-state index contributed by atoms with van der Waals surface area (Å²) in [7, 11) is 2.06. The van der Waals surface area contributed by atoms with Gasteiger partial charge in [-0.25, -0.2) is 4.98 Å². The first-order valence-corrected chi connectivity index (χ1v) is 10.2. The number of aromatic nitrogens is 2. The lowest BCUT2D eigenvalue weighted by Crippen LogP contribution is -2.50. The molecule has 2 aromatic heterocycles. The molecule has 0 aliphatic carbocycles. The fourth-order valence-electron chi connectivity index (χ4n) is 4.54. The number of nitrogens with zero attached hydrogens (tertiary/aromatic N) is 4. The van der Waals surface area contributed by atoms with Crippen LogP contribution in [0.25, 0.3) is 10.9 Å². The summed E-state index contributed by atoms with van der Waals surface area (Å²) in [6.07, 6.45) is -2.63. The summed E-state index contributed by atoms with van der Waals surface area (Å²) in [4.78, 5) is 20.2. The number of piperazine rings is 1. The van der Waals surface area contributed by atoms with Gasteiger partial charge in [0.05, 0.1) is 17.6 Å². The van der Waals surface area contributed by atoms with Crippen molar-refractivity contribution in [1.82, 2.24) is 14.9 Å². The molecule has 1 amide bonds. The van der Waals surface area contributed by atoms with Crippen molar-refractivity contribution >= 4 is 53.1 Å². The standard InChI is InChI=1S/C22H22F3N5O.2ClH/c1-28-18-6-7-26-12-17(18)16-4-3-15(10-19(16)28)30-9-8-29(13-21(30)31)20-5-2-14(11-27-20)22(23,24)25;;/h2-5,10-11,26H,6-9,12-13H2,1H3;2*1H. The lowest BCUT2D eigenvalue weighted by molar-refractivity contribution is -0.137. The molecule has 6 nitrogen and oxygen atoms in total. The first kappa shape index (κ1) is 25.1. The second-order valence-electron chi connectivity index (χ2n) is 7.98. The minimum Gasteiger partial charge on any atom is -0.347 e. The van der Waals surface area contributed by atoms with Crippen molar-refractivity contribution in [3.63, 3.8) is 0 Å². The zero-order chi connectivity index (χ0) is 21.8. The number of carbonyl (C=O) groups is 1. The Morgan fingerprint density at radius 3 is 2.55 bits per heavy atom. The number of nitrogens with one attached hydrogen (secondary N) is 1. The summed E-state index contributed by atoms with van der Waals surface area (Å²) < 4.78 is 40.5. The van der Waals surface area contributed by atoms with Crippen LogP contribution in [0.15, 0.2) is 36.5 Å². The Morgan fingerprint density at radius 2 is 1.88 bits per heavy atom. The Hall–Kier alpha value is -2.49. The van der Waals surface area contributed by atoms with Gasteiger partial charge in [0, 0.05) is 62.6 Å². The maximum absolute atomic E-state index is 12.9. The smallest absolute Gasteiger partial charge is 0.347 e.